The van der Waals surface area contributed by atoms with Crippen LogP contribution >= 0.6 is 0 Å². The van der Waals surface area contributed by atoms with Crippen LogP contribution in [0.25, 0.3) is 11.1 Å². The Morgan fingerprint density at radius 1 is 1.04 bits per heavy atom. The summed E-state index contributed by atoms with van der Waals surface area (Å²) in [6.07, 6.45) is -0.721. The maximum atomic E-state index is 11.7. The molecule has 0 aliphatic heterocycles. The first-order valence-corrected chi connectivity index (χ1v) is 8.42. The first kappa shape index (κ1) is 18.5. The van der Waals surface area contributed by atoms with E-state index >= 15 is 0 Å². The summed E-state index contributed by atoms with van der Waals surface area (Å²) < 4.78 is 5.25. The number of aliphatic carboxylic acids is 1. The van der Waals surface area contributed by atoms with Gasteiger partial charge in [0.2, 0.25) is 0 Å². The van der Waals surface area contributed by atoms with Gasteiger partial charge in [0.05, 0.1) is 0 Å². The smallest absolute Gasteiger partial charge is 0.407 e. The third kappa shape index (κ3) is 3.99. The van der Waals surface area contributed by atoms with Gasteiger partial charge < -0.3 is 15.2 Å². The molecule has 0 radical (unpaired) electrons. The summed E-state index contributed by atoms with van der Waals surface area (Å²) in [6, 6.07) is 15.1. The van der Waals surface area contributed by atoms with E-state index in [-0.39, 0.29) is 12.5 Å². The van der Waals surface area contributed by atoms with Gasteiger partial charge in [-0.2, -0.15) is 0 Å². The maximum absolute atomic E-state index is 11.7. The van der Waals surface area contributed by atoms with Gasteiger partial charge in [0.1, 0.15) is 12.6 Å². The van der Waals surface area contributed by atoms with Crippen molar-refractivity contribution in [1.29, 1.82) is 0 Å². The van der Waals surface area contributed by atoms with Gasteiger partial charge in [-0.1, -0.05) is 62.4 Å². The van der Waals surface area contributed by atoms with E-state index in [0.717, 1.165) is 22.3 Å². The Morgan fingerprint density at radius 3 is 2.00 bits per heavy atom. The van der Waals surface area contributed by atoms with Crippen LogP contribution in [-0.4, -0.2) is 29.8 Å². The molecule has 25 heavy (non-hydrogen) atoms. The van der Waals surface area contributed by atoms with E-state index in [9.17, 15) is 9.59 Å². The zero-order valence-electron chi connectivity index (χ0n) is 14.7. The number of amides is 1. The van der Waals surface area contributed by atoms with Crippen molar-refractivity contribution in [3.8, 4) is 11.1 Å². The summed E-state index contributed by atoms with van der Waals surface area (Å²) in [5.74, 6) is -1.13. The Labute approximate surface area is 147 Å². The van der Waals surface area contributed by atoms with Gasteiger partial charge in [0.25, 0.3) is 0 Å². The Hall–Kier alpha value is -2.82. The molecule has 2 aromatic rings. The van der Waals surface area contributed by atoms with Crippen LogP contribution in [0.4, 0.5) is 4.79 Å². The second-order valence-corrected chi connectivity index (χ2v) is 5.53. The molecule has 0 saturated heterocycles. The molecule has 1 amide bonds. The van der Waals surface area contributed by atoms with Crippen molar-refractivity contribution in [3.63, 3.8) is 0 Å². The monoisotopic (exact) mass is 341 g/mol. The molecule has 0 heterocycles. The molecule has 3 rings (SSSR count). The van der Waals surface area contributed by atoms with Gasteiger partial charge in [-0.3, -0.25) is 4.79 Å². The van der Waals surface area contributed by atoms with Crippen molar-refractivity contribution < 1.29 is 19.4 Å². The van der Waals surface area contributed by atoms with E-state index in [0.29, 0.717) is 0 Å². The number of hydrogen-bond donors (Lipinski definition) is 2. The number of carbonyl (C=O) groups excluding carboxylic acids is 1. The van der Waals surface area contributed by atoms with Crippen LogP contribution in [-0.2, 0) is 9.53 Å². The molecule has 1 atom stereocenters. The molecule has 0 unspecified atom stereocenters. The highest BCUT2D eigenvalue weighted by Crippen LogP contribution is 2.44. The Kier molecular flexibility index (Phi) is 6.17. The van der Waals surface area contributed by atoms with Crippen LogP contribution in [0.15, 0.2) is 48.5 Å². The maximum Gasteiger partial charge on any atom is 0.407 e. The Bertz CT molecular complexity index is 711. The number of hydrogen-bond acceptors (Lipinski definition) is 3. The third-order valence-corrected chi connectivity index (χ3v) is 4.05. The van der Waals surface area contributed by atoms with E-state index < -0.39 is 18.1 Å². The van der Waals surface area contributed by atoms with Crippen molar-refractivity contribution in [2.75, 3.05) is 6.61 Å². The Morgan fingerprint density at radius 2 is 1.52 bits per heavy atom. The number of rotatable bonds is 4. The molecule has 2 N–H and O–H groups in total. The highest BCUT2D eigenvalue weighted by molar-refractivity contribution is 5.80. The molecule has 132 valence electrons. The number of nitrogens with one attached hydrogen (secondary N) is 1. The van der Waals surface area contributed by atoms with Crippen molar-refractivity contribution in [2.24, 2.45) is 0 Å². The summed E-state index contributed by atoms with van der Waals surface area (Å²) >= 11 is 0. The minimum absolute atomic E-state index is 0.0340. The van der Waals surface area contributed by atoms with E-state index in [2.05, 4.69) is 17.4 Å². The minimum Gasteiger partial charge on any atom is -0.480 e. The topological polar surface area (TPSA) is 75.6 Å². The summed E-state index contributed by atoms with van der Waals surface area (Å²) in [6.45, 7) is 5.57. The first-order chi connectivity index (χ1) is 12.1. The molecule has 0 saturated carbocycles. The fourth-order valence-corrected chi connectivity index (χ4v) is 2.88. The van der Waals surface area contributed by atoms with E-state index in [4.69, 9.17) is 9.84 Å². The highest BCUT2D eigenvalue weighted by Gasteiger charge is 2.29. The number of carbonyl (C=O) groups is 2. The molecule has 5 heteroatoms. The van der Waals surface area contributed by atoms with Crippen LogP contribution in [0.5, 0.6) is 0 Å². The molecular weight excluding hydrogens is 318 g/mol. The molecule has 0 fully saturated rings. The standard InChI is InChI=1S/C18H17NO4.C2H6/c1-11(17(20)21)19-18(22)23-10-16-14-8-4-2-6-12(14)13-7-3-5-9-15(13)16;1-2/h2-9,11,16H,10H2,1H3,(H,19,22)(H,20,21);1-2H3/t11-;/m0./s1. The molecule has 0 aromatic heterocycles. The normalized spacial score (nSPS) is 12.9. The molecule has 5 nitrogen and oxygen atoms in total. The zero-order valence-corrected chi connectivity index (χ0v) is 14.7. The van der Waals surface area contributed by atoms with Gasteiger partial charge >= 0.3 is 12.1 Å². The van der Waals surface area contributed by atoms with Crippen molar-refractivity contribution in [3.05, 3.63) is 59.7 Å². The van der Waals surface area contributed by atoms with Gasteiger partial charge in [-0.05, 0) is 29.2 Å². The van der Waals surface area contributed by atoms with Crippen molar-refractivity contribution >= 4 is 12.1 Å². The highest BCUT2D eigenvalue weighted by atomic mass is 16.5. The van der Waals surface area contributed by atoms with Crippen LogP contribution in [0.3, 0.4) is 0 Å². The second kappa shape index (κ2) is 8.33. The Balaban J connectivity index is 0.00000109. The molecule has 0 spiro atoms. The molecule has 1 aliphatic carbocycles. The minimum atomic E-state index is -1.10. The van der Waals surface area contributed by atoms with Crippen molar-refractivity contribution in [2.45, 2.75) is 32.7 Å². The lowest BCUT2D eigenvalue weighted by Crippen LogP contribution is -2.39. The predicted octanol–water partition coefficient (Wildman–Crippen LogP) is 4.02. The number of benzene rings is 2. The lowest BCUT2D eigenvalue weighted by molar-refractivity contribution is -0.138. The van der Waals surface area contributed by atoms with Gasteiger partial charge in [0.15, 0.2) is 0 Å². The average molecular weight is 341 g/mol. The molecular formula is C20H23NO4. The van der Waals surface area contributed by atoms with Crippen molar-refractivity contribution in [1.82, 2.24) is 5.32 Å². The lowest BCUT2D eigenvalue weighted by Gasteiger charge is -2.15. The largest absolute Gasteiger partial charge is 0.480 e. The quantitative estimate of drug-likeness (QED) is 0.880. The van der Waals surface area contributed by atoms with Crippen LogP contribution in [0, 0.1) is 0 Å². The predicted molar refractivity (Wildman–Crippen MR) is 96.7 cm³/mol. The van der Waals surface area contributed by atoms with Crippen LogP contribution < -0.4 is 5.32 Å². The average Bonchev–Trinajstić information content (AvgIpc) is 2.95. The summed E-state index contributed by atoms with van der Waals surface area (Å²) in [7, 11) is 0. The van der Waals surface area contributed by atoms with Gasteiger partial charge in [0, 0.05) is 5.92 Å². The second-order valence-electron chi connectivity index (χ2n) is 5.53. The summed E-state index contributed by atoms with van der Waals surface area (Å²) in [5, 5.41) is 11.1. The number of carboxylic acids is 1. The van der Waals surface area contributed by atoms with Gasteiger partial charge in [-0.15, -0.1) is 0 Å². The summed E-state index contributed by atoms with van der Waals surface area (Å²) in [4.78, 5) is 22.5. The number of fused-ring (bicyclic) bond motifs is 3. The van der Waals surface area contributed by atoms with Crippen LogP contribution in [0.2, 0.25) is 0 Å². The lowest BCUT2D eigenvalue weighted by atomic mass is 9.98. The third-order valence-electron chi connectivity index (χ3n) is 4.05. The zero-order chi connectivity index (χ0) is 18.4. The number of alkyl carbamates (subject to hydrolysis) is 1. The fraction of sp³-hybridized carbons (Fsp3) is 0.300. The first-order valence-electron chi connectivity index (χ1n) is 8.42. The summed E-state index contributed by atoms with van der Waals surface area (Å²) in [5.41, 5.74) is 4.53. The number of carboxylic acid groups (broad SMARTS) is 1. The fourth-order valence-electron chi connectivity index (χ4n) is 2.88. The van der Waals surface area contributed by atoms with E-state index in [1.54, 1.807) is 0 Å². The number of ether oxygens (including phenoxy) is 1. The van der Waals surface area contributed by atoms with E-state index in [1.807, 2.05) is 50.2 Å². The molecule has 0 bridgehead atoms. The molecule has 2 aromatic carbocycles. The van der Waals surface area contributed by atoms with Gasteiger partial charge in [-0.25, -0.2) is 4.79 Å². The van der Waals surface area contributed by atoms with E-state index in [1.165, 1.54) is 6.92 Å². The van der Waals surface area contributed by atoms with Crippen LogP contribution in [0.1, 0.15) is 37.8 Å². The SMILES string of the molecule is CC.C[C@H](NC(=O)OCC1c2ccccc2-c2ccccc21)C(=O)O. The molecule has 1 aliphatic rings.